The number of fused-ring (bicyclic) bond motifs is 2. The van der Waals surface area contributed by atoms with Crippen molar-refractivity contribution in [1.82, 2.24) is 24.6 Å². The zero-order valence-corrected chi connectivity index (χ0v) is 17.2. The highest BCUT2D eigenvalue weighted by Gasteiger charge is 2.21. The van der Waals surface area contributed by atoms with Gasteiger partial charge in [0.2, 0.25) is 5.91 Å². The second kappa shape index (κ2) is 7.40. The van der Waals surface area contributed by atoms with Gasteiger partial charge >= 0.3 is 0 Å². The monoisotopic (exact) mass is 400 g/mol. The van der Waals surface area contributed by atoms with Crippen LogP contribution in [-0.2, 0) is 11.8 Å². The first kappa shape index (κ1) is 18.5. The Morgan fingerprint density at radius 1 is 1.10 bits per heavy atom. The normalized spacial score (nSPS) is 15.1. The lowest BCUT2D eigenvalue weighted by Crippen LogP contribution is -2.41. The number of nitrogens with one attached hydrogen (secondary N) is 1. The predicted molar refractivity (Wildman–Crippen MR) is 118 cm³/mol. The van der Waals surface area contributed by atoms with Gasteiger partial charge in [0.05, 0.1) is 22.7 Å². The lowest BCUT2D eigenvalue weighted by molar-refractivity contribution is -0.129. The van der Waals surface area contributed by atoms with E-state index in [0.29, 0.717) is 6.04 Å². The minimum atomic E-state index is 0.155. The fourth-order valence-electron chi connectivity index (χ4n) is 4.26. The van der Waals surface area contributed by atoms with Gasteiger partial charge in [0.1, 0.15) is 0 Å². The van der Waals surface area contributed by atoms with Gasteiger partial charge in [0.25, 0.3) is 0 Å². The summed E-state index contributed by atoms with van der Waals surface area (Å²) < 4.78 is 1.89. The van der Waals surface area contributed by atoms with Crippen molar-refractivity contribution in [1.29, 1.82) is 0 Å². The van der Waals surface area contributed by atoms with Crippen LogP contribution in [0.25, 0.3) is 33.1 Å². The largest absolute Gasteiger partial charge is 0.382 e. The fraction of sp³-hybridized carbons (Fsp3) is 0.304. The number of carbonyl (C=O) groups is 1. The highest BCUT2D eigenvalue weighted by molar-refractivity contribution is 5.96. The summed E-state index contributed by atoms with van der Waals surface area (Å²) in [5, 5.41) is 9.13. The average Bonchev–Trinajstić information content (AvgIpc) is 3.14. The molecule has 7 heteroatoms. The number of aryl methyl sites for hydroxylation is 1. The smallest absolute Gasteiger partial charge is 0.219 e. The standard InChI is InChI=1S/C23H24N6O/c1-15(30)29-9-5-18(6-10-29)27-19-12-20(23-21(13-19)24-7-8-25-23)16-3-4-17-14-26-28(2)22(17)11-16/h3-4,7-8,11-14,18,27H,5-6,9-10H2,1-2H3. The molecule has 0 aliphatic carbocycles. The Labute approximate surface area is 174 Å². The number of rotatable bonds is 3. The fourth-order valence-corrected chi connectivity index (χ4v) is 4.26. The summed E-state index contributed by atoms with van der Waals surface area (Å²) in [5.41, 5.74) is 6.00. The molecule has 0 saturated carbocycles. The molecule has 0 atom stereocenters. The summed E-state index contributed by atoms with van der Waals surface area (Å²) in [5.74, 6) is 0.155. The quantitative estimate of drug-likeness (QED) is 0.569. The van der Waals surface area contributed by atoms with Gasteiger partial charge in [-0.2, -0.15) is 5.10 Å². The zero-order chi connectivity index (χ0) is 20.7. The van der Waals surface area contributed by atoms with E-state index >= 15 is 0 Å². The molecule has 2 aromatic heterocycles. The molecule has 30 heavy (non-hydrogen) atoms. The van der Waals surface area contributed by atoms with Gasteiger partial charge in [-0.05, 0) is 36.6 Å². The van der Waals surface area contributed by atoms with Crippen molar-refractivity contribution in [3.8, 4) is 11.1 Å². The molecule has 1 N–H and O–H groups in total. The van der Waals surface area contributed by atoms with E-state index < -0.39 is 0 Å². The van der Waals surface area contributed by atoms with Gasteiger partial charge in [-0.25, -0.2) is 0 Å². The summed E-state index contributed by atoms with van der Waals surface area (Å²) in [6.45, 7) is 3.23. The maximum Gasteiger partial charge on any atom is 0.219 e. The first-order valence-electron chi connectivity index (χ1n) is 10.3. The Kier molecular flexibility index (Phi) is 4.58. The van der Waals surface area contributed by atoms with Crippen LogP contribution in [0.1, 0.15) is 19.8 Å². The van der Waals surface area contributed by atoms with E-state index in [2.05, 4.69) is 50.7 Å². The number of hydrogen-bond donors (Lipinski definition) is 1. The van der Waals surface area contributed by atoms with Crippen molar-refractivity contribution in [2.24, 2.45) is 7.05 Å². The van der Waals surface area contributed by atoms with Crippen LogP contribution in [0.3, 0.4) is 0 Å². The van der Waals surface area contributed by atoms with Crippen LogP contribution >= 0.6 is 0 Å². The zero-order valence-electron chi connectivity index (χ0n) is 17.2. The second-order valence-corrected chi connectivity index (χ2v) is 7.91. The van der Waals surface area contributed by atoms with Gasteiger partial charge in [0, 0.05) is 62.1 Å². The SMILES string of the molecule is CC(=O)N1CCC(Nc2cc(-c3ccc4cnn(C)c4c3)c3nccnc3c2)CC1. The van der Waals surface area contributed by atoms with Crippen LogP contribution in [0.5, 0.6) is 0 Å². The van der Waals surface area contributed by atoms with Gasteiger partial charge < -0.3 is 10.2 Å². The molecule has 4 aromatic rings. The van der Waals surface area contributed by atoms with E-state index in [9.17, 15) is 4.79 Å². The lowest BCUT2D eigenvalue weighted by atomic mass is 10.00. The van der Waals surface area contributed by atoms with Crippen molar-refractivity contribution in [3.63, 3.8) is 0 Å². The molecule has 0 radical (unpaired) electrons. The van der Waals surface area contributed by atoms with Crippen LogP contribution < -0.4 is 5.32 Å². The van der Waals surface area contributed by atoms with Gasteiger partial charge in [-0.3, -0.25) is 19.4 Å². The maximum absolute atomic E-state index is 11.6. The molecule has 1 amide bonds. The number of piperidine rings is 1. The van der Waals surface area contributed by atoms with Crippen molar-refractivity contribution in [2.75, 3.05) is 18.4 Å². The van der Waals surface area contributed by atoms with E-state index in [0.717, 1.165) is 64.7 Å². The van der Waals surface area contributed by atoms with Crippen LogP contribution in [0.2, 0.25) is 0 Å². The Balaban J connectivity index is 1.51. The van der Waals surface area contributed by atoms with Crippen LogP contribution in [-0.4, -0.2) is 49.7 Å². The number of anilines is 1. The first-order valence-corrected chi connectivity index (χ1v) is 10.3. The molecule has 1 saturated heterocycles. The number of amides is 1. The minimum Gasteiger partial charge on any atom is -0.382 e. The summed E-state index contributed by atoms with van der Waals surface area (Å²) in [6, 6.07) is 10.9. The average molecular weight is 400 g/mol. The summed E-state index contributed by atoms with van der Waals surface area (Å²) >= 11 is 0. The Bertz CT molecular complexity index is 1240. The molecule has 0 bridgehead atoms. The molecule has 1 aliphatic heterocycles. The van der Waals surface area contributed by atoms with Gasteiger partial charge in [0.15, 0.2) is 0 Å². The summed E-state index contributed by atoms with van der Waals surface area (Å²) in [7, 11) is 1.95. The highest BCUT2D eigenvalue weighted by atomic mass is 16.2. The summed E-state index contributed by atoms with van der Waals surface area (Å²) in [4.78, 5) is 22.7. The topological polar surface area (TPSA) is 75.9 Å². The van der Waals surface area contributed by atoms with E-state index in [1.54, 1.807) is 19.3 Å². The van der Waals surface area contributed by atoms with Crippen LogP contribution in [0.4, 0.5) is 5.69 Å². The van der Waals surface area contributed by atoms with Gasteiger partial charge in [-0.1, -0.05) is 12.1 Å². The molecule has 7 nitrogen and oxygen atoms in total. The molecule has 152 valence electrons. The molecular weight excluding hydrogens is 376 g/mol. The Morgan fingerprint density at radius 3 is 2.70 bits per heavy atom. The van der Waals surface area contributed by atoms with Crippen LogP contribution in [0.15, 0.2) is 48.9 Å². The third-order valence-corrected chi connectivity index (χ3v) is 5.94. The second-order valence-electron chi connectivity index (χ2n) is 7.91. The Morgan fingerprint density at radius 2 is 1.90 bits per heavy atom. The number of aromatic nitrogens is 4. The number of hydrogen-bond acceptors (Lipinski definition) is 5. The number of likely N-dealkylation sites (tertiary alicyclic amines) is 1. The molecule has 2 aromatic carbocycles. The lowest BCUT2D eigenvalue weighted by Gasteiger charge is -2.32. The predicted octanol–water partition coefficient (Wildman–Crippen LogP) is 3.61. The number of nitrogens with zero attached hydrogens (tertiary/aromatic N) is 5. The highest BCUT2D eigenvalue weighted by Crippen LogP contribution is 2.32. The van der Waals surface area contributed by atoms with Gasteiger partial charge in [-0.15, -0.1) is 0 Å². The van der Waals surface area contributed by atoms with E-state index in [1.165, 1.54) is 0 Å². The van der Waals surface area contributed by atoms with E-state index in [1.807, 2.05) is 22.8 Å². The molecule has 1 aliphatic rings. The third-order valence-electron chi connectivity index (χ3n) is 5.94. The molecular formula is C23H24N6O. The van der Waals surface area contributed by atoms with Crippen molar-refractivity contribution in [3.05, 3.63) is 48.9 Å². The van der Waals surface area contributed by atoms with Crippen LogP contribution in [0, 0.1) is 0 Å². The van der Waals surface area contributed by atoms with Crippen molar-refractivity contribution in [2.45, 2.75) is 25.8 Å². The van der Waals surface area contributed by atoms with Crippen molar-refractivity contribution < 1.29 is 4.79 Å². The third kappa shape index (κ3) is 3.36. The van der Waals surface area contributed by atoms with E-state index in [-0.39, 0.29) is 5.91 Å². The first-order chi connectivity index (χ1) is 14.6. The molecule has 0 spiro atoms. The molecule has 5 rings (SSSR count). The maximum atomic E-state index is 11.6. The number of benzene rings is 2. The Hall–Kier alpha value is -3.48. The molecule has 0 unspecified atom stereocenters. The summed E-state index contributed by atoms with van der Waals surface area (Å²) in [6.07, 6.45) is 7.22. The molecule has 3 heterocycles. The molecule has 1 fully saturated rings. The minimum absolute atomic E-state index is 0.155. The number of carbonyl (C=O) groups excluding carboxylic acids is 1. The van der Waals surface area contributed by atoms with Crippen molar-refractivity contribution >= 4 is 33.5 Å². The van der Waals surface area contributed by atoms with E-state index in [4.69, 9.17) is 0 Å².